The molecule has 0 unspecified atom stereocenters. The molecule has 0 spiro atoms. The van der Waals surface area contributed by atoms with E-state index < -0.39 is 21.8 Å². The quantitative estimate of drug-likeness (QED) is 0.443. The van der Waals surface area contributed by atoms with Crippen molar-refractivity contribution >= 4 is 27.7 Å². The standard InChI is InChI=1S/C18H24N4O5S/c1-2-10-19-28(26,27)15-8-6-7-14(12-15)18(25)21-20-16(23)13-22-11-5-3-4-9-17(22)24/h2,6-8,12,19H,1,3-5,9-11,13H2,(H,20,23)(H,21,25). The summed E-state index contributed by atoms with van der Waals surface area (Å²) in [5.74, 6) is -1.28. The lowest BCUT2D eigenvalue weighted by Crippen LogP contribution is -2.47. The highest BCUT2D eigenvalue weighted by Gasteiger charge is 2.20. The highest BCUT2D eigenvalue weighted by molar-refractivity contribution is 7.89. The molecule has 2 rings (SSSR count). The normalized spacial score (nSPS) is 14.9. The van der Waals surface area contributed by atoms with Gasteiger partial charge in [0.25, 0.3) is 11.8 Å². The molecule has 28 heavy (non-hydrogen) atoms. The van der Waals surface area contributed by atoms with Crippen molar-refractivity contribution in [2.75, 3.05) is 19.6 Å². The molecule has 1 fully saturated rings. The van der Waals surface area contributed by atoms with Crippen LogP contribution in [-0.4, -0.2) is 50.7 Å². The number of nitrogens with zero attached hydrogens (tertiary/aromatic N) is 1. The Labute approximate surface area is 164 Å². The third-order valence-electron chi connectivity index (χ3n) is 4.15. The molecule has 1 aromatic rings. The third kappa shape index (κ3) is 6.17. The van der Waals surface area contributed by atoms with Gasteiger partial charge in [-0.3, -0.25) is 25.2 Å². The van der Waals surface area contributed by atoms with E-state index in [4.69, 9.17) is 0 Å². The van der Waals surface area contributed by atoms with E-state index in [1.54, 1.807) is 0 Å². The van der Waals surface area contributed by atoms with Crippen molar-refractivity contribution in [3.8, 4) is 0 Å². The summed E-state index contributed by atoms with van der Waals surface area (Å²) < 4.78 is 26.5. The number of amides is 3. The predicted molar refractivity (Wildman–Crippen MR) is 102 cm³/mol. The van der Waals surface area contributed by atoms with Gasteiger partial charge >= 0.3 is 0 Å². The molecule has 1 saturated heterocycles. The average Bonchev–Trinajstić information content (AvgIpc) is 2.89. The summed E-state index contributed by atoms with van der Waals surface area (Å²) in [5.41, 5.74) is 4.55. The Balaban J connectivity index is 1.94. The third-order valence-corrected chi connectivity index (χ3v) is 5.57. The van der Waals surface area contributed by atoms with E-state index in [2.05, 4.69) is 22.2 Å². The Bertz CT molecular complexity index is 853. The van der Waals surface area contributed by atoms with E-state index in [1.807, 2.05) is 0 Å². The second-order valence-corrected chi connectivity index (χ2v) is 8.06. The van der Waals surface area contributed by atoms with Crippen molar-refractivity contribution in [2.24, 2.45) is 0 Å². The zero-order valence-electron chi connectivity index (χ0n) is 15.4. The fourth-order valence-electron chi connectivity index (χ4n) is 2.67. The summed E-state index contributed by atoms with van der Waals surface area (Å²) in [4.78, 5) is 37.5. The van der Waals surface area contributed by atoms with E-state index in [0.29, 0.717) is 13.0 Å². The number of hydrogen-bond acceptors (Lipinski definition) is 5. The van der Waals surface area contributed by atoms with Crippen molar-refractivity contribution in [3.05, 3.63) is 42.5 Å². The predicted octanol–water partition coefficient (Wildman–Crippen LogP) is 0.315. The van der Waals surface area contributed by atoms with Crippen LogP contribution in [0.25, 0.3) is 0 Å². The molecular formula is C18H24N4O5S. The highest BCUT2D eigenvalue weighted by atomic mass is 32.2. The molecule has 1 aliphatic rings. The minimum absolute atomic E-state index is 0.0596. The number of hydrogen-bond donors (Lipinski definition) is 3. The van der Waals surface area contributed by atoms with Crippen LogP contribution in [0.2, 0.25) is 0 Å². The number of hydrazine groups is 1. The second-order valence-electron chi connectivity index (χ2n) is 6.30. The molecule has 0 aromatic heterocycles. The minimum Gasteiger partial charge on any atom is -0.333 e. The molecule has 1 aliphatic heterocycles. The molecule has 1 heterocycles. The molecular weight excluding hydrogens is 384 g/mol. The molecule has 1 aromatic carbocycles. The van der Waals surface area contributed by atoms with Gasteiger partial charge in [-0.2, -0.15) is 0 Å². The first kappa shape index (κ1) is 21.6. The lowest BCUT2D eigenvalue weighted by molar-refractivity contribution is -0.135. The molecule has 0 saturated carbocycles. The Morgan fingerprint density at radius 1 is 1.18 bits per heavy atom. The maximum atomic E-state index is 12.2. The Kier molecular flexibility index (Phi) is 7.70. The fourth-order valence-corrected chi connectivity index (χ4v) is 3.72. The van der Waals surface area contributed by atoms with Crippen molar-refractivity contribution in [3.63, 3.8) is 0 Å². The van der Waals surface area contributed by atoms with Crippen LogP contribution in [-0.2, 0) is 19.6 Å². The van der Waals surface area contributed by atoms with Crippen molar-refractivity contribution in [1.82, 2.24) is 20.5 Å². The minimum atomic E-state index is -3.77. The van der Waals surface area contributed by atoms with Gasteiger partial charge in [-0.05, 0) is 31.0 Å². The number of benzene rings is 1. The van der Waals surface area contributed by atoms with Crippen molar-refractivity contribution < 1.29 is 22.8 Å². The summed E-state index contributed by atoms with van der Waals surface area (Å²) >= 11 is 0. The maximum absolute atomic E-state index is 12.2. The maximum Gasteiger partial charge on any atom is 0.269 e. The van der Waals surface area contributed by atoms with E-state index in [1.165, 1.54) is 35.2 Å². The van der Waals surface area contributed by atoms with Crippen molar-refractivity contribution in [1.29, 1.82) is 0 Å². The van der Waals surface area contributed by atoms with Crippen LogP contribution in [0.4, 0.5) is 0 Å². The van der Waals surface area contributed by atoms with Gasteiger partial charge in [-0.15, -0.1) is 6.58 Å². The summed E-state index contributed by atoms with van der Waals surface area (Å²) in [6.45, 7) is 3.87. The van der Waals surface area contributed by atoms with Gasteiger partial charge in [0, 0.05) is 25.1 Å². The van der Waals surface area contributed by atoms with Crippen LogP contribution >= 0.6 is 0 Å². The van der Waals surface area contributed by atoms with Crippen LogP contribution in [0.15, 0.2) is 41.8 Å². The first-order chi connectivity index (χ1) is 13.3. The van der Waals surface area contributed by atoms with Crippen LogP contribution in [0.3, 0.4) is 0 Å². The number of sulfonamides is 1. The Hall–Kier alpha value is -2.72. The number of likely N-dealkylation sites (tertiary alicyclic amines) is 1. The number of rotatable bonds is 7. The first-order valence-electron chi connectivity index (χ1n) is 8.91. The Morgan fingerprint density at radius 3 is 2.71 bits per heavy atom. The SMILES string of the molecule is C=CCNS(=O)(=O)c1cccc(C(=O)NNC(=O)CN2CCCCCC2=O)c1. The number of nitrogens with one attached hydrogen (secondary N) is 3. The molecule has 9 nitrogen and oxygen atoms in total. The van der Waals surface area contributed by atoms with Crippen LogP contribution in [0.5, 0.6) is 0 Å². The summed E-state index contributed by atoms with van der Waals surface area (Å²) in [6, 6.07) is 5.40. The van der Waals surface area contributed by atoms with E-state index in [0.717, 1.165) is 19.3 Å². The van der Waals surface area contributed by atoms with E-state index in [9.17, 15) is 22.8 Å². The summed E-state index contributed by atoms with van der Waals surface area (Å²) in [6.07, 6.45) is 4.42. The molecule has 0 aliphatic carbocycles. The lowest BCUT2D eigenvalue weighted by atomic mass is 10.2. The molecule has 0 bridgehead atoms. The molecule has 3 amide bonds. The topological polar surface area (TPSA) is 125 Å². The average molecular weight is 408 g/mol. The van der Waals surface area contributed by atoms with E-state index in [-0.39, 0.29) is 29.5 Å². The van der Waals surface area contributed by atoms with Crippen LogP contribution in [0, 0.1) is 0 Å². The van der Waals surface area contributed by atoms with Crippen molar-refractivity contribution in [2.45, 2.75) is 30.6 Å². The van der Waals surface area contributed by atoms with Gasteiger partial charge in [0.05, 0.1) is 4.90 Å². The van der Waals surface area contributed by atoms with Crippen LogP contribution < -0.4 is 15.6 Å². The zero-order chi connectivity index (χ0) is 20.6. The molecule has 3 N–H and O–H groups in total. The molecule has 0 radical (unpaired) electrons. The van der Waals surface area contributed by atoms with Gasteiger partial charge in [0.15, 0.2) is 0 Å². The van der Waals surface area contributed by atoms with Gasteiger partial charge < -0.3 is 4.90 Å². The zero-order valence-corrected chi connectivity index (χ0v) is 16.3. The first-order valence-corrected chi connectivity index (χ1v) is 10.4. The largest absolute Gasteiger partial charge is 0.333 e. The number of carbonyl (C=O) groups is 3. The molecule has 0 atom stereocenters. The van der Waals surface area contributed by atoms with Crippen LogP contribution in [0.1, 0.15) is 36.0 Å². The number of carbonyl (C=O) groups excluding carboxylic acids is 3. The summed E-state index contributed by atoms with van der Waals surface area (Å²) in [5, 5.41) is 0. The monoisotopic (exact) mass is 408 g/mol. The second kappa shape index (κ2) is 10.00. The molecule has 10 heteroatoms. The lowest BCUT2D eigenvalue weighted by Gasteiger charge is -2.19. The smallest absolute Gasteiger partial charge is 0.269 e. The fraction of sp³-hybridized carbons (Fsp3) is 0.389. The Morgan fingerprint density at radius 2 is 1.96 bits per heavy atom. The molecule has 152 valence electrons. The van der Waals surface area contributed by atoms with E-state index >= 15 is 0 Å². The summed E-state index contributed by atoms with van der Waals surface area (Å²) in [7, 11) is -3.77. The van der Waals surface area contributed by atoms with Gasteiger partial charge in [-0.25, -0.2) is 13.1 Å². The van der Waals surface area contributed by atoms with Gasteiger partial charge in [-0.1, -0.05) is 18.6 Å². The van der Waals surface area contributed by atoms with Gasteiger partial charge in [0.2, 0.25) is 15.9 Å². The van der Waals surface area contributed by atoms with Gasteiger partial charge in [0.1, 0.15) is 6.54 Å². The highest BCUT2D eigenvalue weighted by Crippen LogP contribution is 2.12.